The first-order chi connectivity index (χ1) is 7.50. The van der Waals surface area contributed by atoms with Crippen LogP contribution in [0, 0.1) is 17.3 Å². The summed E-state index contributed by atoms with van der Waals surface area (Å²) in [5.74, 6) is 1.07. The van der Waals surface area contributed by atoms with E-state index in [4.69, 9.17) is 5.21 Å². The van der Waals surface area contributed by atoms with Gasteiger partial charge in [-0.25, -0.2) is 0 Å². The Labute approximate surface area is 102 Å². The summed E-state index contributed by atoms with van der Waals surface area (Å²) in [6.45, 7) is 16.7. The van der Waals surface area contributed by atoms with E-state index in [1.807, 2.05) is 27.7 Å². The molecule has 2 atom stereocenters. The van der Waals surface area contributed by atoms with Gasteiger partial charge >= 0.3 is 0 Å². The van der Waals surface area contributed by atoms with Crippen molar-refractivity contribution < 1.29 is 5.21 Å². The number of rotatable bonds is 0. The van der Waals surface area contributed by atoms with Crippen LogP contribution in [0.1, 0.15) is 68.2 Å². The SMILES string of the molecule is CC.CC.CC1CCC(C)C(C)(C)/C1=N/O. The number of hydrogen-bond acceptors (Lipinski definition) is 2. The first kappa shape index (κ1) is 17.9. The van der Waals surface area contributed by atoms with Gasteiger partial charge in [0.1, 0.15) is 0 Å². The third-order valence-electron chi connectivity index (χ3n) is 3.50. The lowest BCUT2D eigenvalue weighted by Crippen LogP contribution is -2.40. The molecule has 0 heterocycles. The smallest absolute Gasteiger partial charge is 0.0657 e. The van der Waals surface area contributed by atoms with E-state index in [9.17, 15) is 0 Å². The van der Waals surface area contributed by atoms with Crippen molar-refractivity contribution in [1.29, 1.82) is 0 Å². The van der Waals surface area contributed by atoms with Crippen LogP contribution < -0.4 is 0 Å². The summed E-state index contributed by atoms with van der Waals surface area (Å²) in [6, 6.07) is 0. The van der Waals surface area contributed by atoms with Gasteiger partial charge in [0.2, 0.25) is 0 Å². The summed E-state index contributed by atoms with van der Waals surface area (Å²) in [6.07, 6.45) is 2.40. The molecule has 0 bridgehead atoms. The zero-order chi connectivity index (χ0) is 13.4. The zero-order valence-electron chi connectivity index (χ0n) is 12.5. The Morgan fingerprint density at radius 2 is 1.50 bits per heavy atom. The molecular formula is C14H31NO. The van der Waals surface area contributed by atoms with Crippen molar-refractivity contribution in [3.8, 4) is 0 Å². The Morgan fingerprint density at radius 3 is 1.81 bits per heavy atom. The van der Waals surface area contributed by atoms with Crippen molar-refractivity contribution in [3.63, 3.8) is 0 Å². The molecule has 0 saturated heterocycles. The topological polar surface area (TPSA) is 32.6 Å². The van der Waals surface area contributed by atoms with Crippen LogP contribution in [0.5, 0.6) is 0 Å². The minimum Gasteiger partial charge on any atom is -0.411 e. The van der Waals surface area contributed by atoms with Gasteiger partial charge in [-0.1, -0.05) is 60.5 Å². The molecule has 1 aliphatic rings. The van der Waals surface area contributed by atoms with Crippen molar-refractivity contribution in [2.45, 2.75) is 68.2 Å². The fourth-order valence-electron chi connectivity index (χ4n) is 2.11. The van der Waals surface area contributed by atoms with Gasteiger partial charge in [-0.05, 0) is 24.7 Å². The normalized spacial score (nSPS) is 29.6. The second-order valence-corrected chi connectivity index (χ2v) is 4.59. The van der Waals surface area contributed by atoms with E-state index in [2.05, 4.69) is 32.9 Å². The van der Waals surface area contributed by atoms with Crippen LogP contribution in [-0.2, 0) is 0 Å². The van der Waals surface area contributed by atoms with Crippen LogP contribution in [-0.4, -0.2) is 10.9 Å². The summed E-state index contributed by atoms with van der Waals surface area (Å²) in [5, 5.41) is 12.4. The van der Waals surface area contributed by atoms with Crippen LogP contribution in [0.4, 0.5) is 0 Å². The molecule has 98 valence electrons. The predicted octanol–water partition coefficient (Wildman–Crippen LogP) is 4.96. The number of nitrogens with zero attached hydrogens (tertiary/aromatic N) is 1. The molecule has 0 spiro atoms. The van der Waals surface area contributed by atoms with Crippen LogP contribution >= 0.6 is 0 Å². The molecule has 0 aliphatic heterocycles. The van der Waals surface area contributed by atoms with E-state index in [-0.39, 0.29) is 5.41 Å². The van der Waals surface area contributed by atoms with Gasteiger partial charge in [0.15, 0.2) is 0 Å². The molecule has 0 aromatic carbocycles. The summed E-state index contributed by atoms with van der Waals surface area (Å²) in [4.78, 5) is 0. The van der Waals surface area contributed by atoms with E-state index in [0.29, 0.717) is 11.8 Å². The lowest BCUT2D eigenvalue weighted by molar-refractivity contribution is 0.232. The van der Waals surface area contributed by atoms with Gasteiger partial charge in [0.05, 0.1) is 5.71 Å². The standard InChI is InChI=1S/C10H19NO.2C2H6/c1-7-5-6-8(2)10(3,4)9(7)11-12;2*1-2/h7-8,12H,5-6H2,1-4H3;2*1-2H3/b11-9+;;. The molecule has 1 fully saturated rings. The quantitative estimate of drug-likeness (QED) is 0.462. The molecule has 2 unspecified atom stereocenters. The molecule has 1 aliphatic carbocycles. The molecule has 2 heteroatoms. The van der Waals surface area contributed by atoms with Crippen LogP contribution in [0.25, 0.3) is 0 Å². The van der Waals surface area contributed by atoms with Gasteiger partial charge in [-0.15, -0.1) is 0 Å². The average Bonchev–Trinajstić information content (AvgIpc) is 2.30. The molecule has 1 rings (SSSR count). The third kappa shape index (κ3) is 4.15. The highest BCUT2D eigenvalue weighted by Gasteiger charge is 2.38. The van der Waals surface area contributed by atoms with Crippen LogP contribution in [0.15, 0.2) is 5.16 Å². The Bertz CT molecular complexity index is 197. The van der Waals surface area contributed by atoms with Gasteiger partial charge in [-0.2, -0.15) is 0 Å². The molecule has 0 amide bonds. The van der Waals surface area contributed by atoms with Gasteiger partial charge in [0, 0.05) is 5.41 Å². The number of hydrogen-bond donors (Lipinski definition) is 1. The van der Waals surface area contributed by atoms with Crippen molar-refractivity contribution in [2.24, 2.45) is 22.4 Å². The average molecular weight is 229 g/mol. The highest BCUT2D eigenvalue weighted by molar-refractivity contribution is 5.91. The number of oxime groups is 1. The monoisotopic (exact) mass is 229 g/mol. The first-order valence-electron chi connectivity index (χ1n) is 6.72. The van der Waals surface area contributed by atoms with E-state index in [1.54, 1.807) is 0 Å². The Balaban J connectivity index is 0. The lowest BCUT2D eigenvalue weighted by atomic mass is 9.65. The van der Waals surface area contributed by atoms with Crippen molar-refractivity contribution in [1.82, 2.24) is 0 Å². The maximum atomic E-state index is 8.90. The summed E-state index contributed by atoms with van der Waals surface area (Å²) in [7, 11) is 0. The molecule has 0 aromatic heterocycles. The molecule has 1 saturated carbocycles. The summed E-state index contributed by atoms with van der Waals surface area (Å²) < 4.78 is 0. The maximum Gasteiger partial charge on any atom is 0.0657 e. The first-order valence-corrected chi connectivity index (χ1v) is 6.72. The molecule has 2 nitrogen and oxygen atoms in total. The lowest BCUT2D eigenvalue weighted by Gasteiger charge is -2.40. The van der Waals surface area contributed by atoms with Gasteiger partial charge in [-0.3, -0.25) is 0 Å². The van der Waals surface area contributed by atoms with Crippen molar-refractivity contribution >= 4 is 5.71 Å². The van der Waals surface area contributed by atoms with E-state index in [0.717, 1.165) is 12.1 Å². The highest BCUT2D eigenvalue weighted by atomic mass is 16.4. The molecule has 1 N–H and O–H groups in total. The third-order valence-corrected chi connectivity index (χ3v) is 3.50. The Morgan fingerprint density at radius 1 is 1.06 bits per heavy atom. The van der Waals surface area contributed by atoms with E-state index < -0.39 is 0 Å². The Kier molecular flexibility index (Phi) is 9.60. The molecule has 16 heavy (non-hydrogen) atoms. The minimum absolute atomic E-state index is 0.0758. The fourth-order valence-corrected chi connectivity index (χ4v) is 2.11. The Hall–Kier alpha value is -0.530. The minimum atomic E-state index is 0.0758. The summed E-state index contributed by atoms with van der Waals surface area (Å²) in [5.41, 5.74) is 1.05. The second-order valence-electron chi connectivity index (χ2n) is 4.59. The van der Waals surface area contributed by atoms with E-state index in [1.165, 1.54) is 6.42 Å². The van der Waals surface area contributed by atoms with Crippen LogP contribution in [0.3, 0.4) is 0 Å². The van der Waals surface area contributed by atoms with E-state index >= 15 is 0 Å². The highest BCUT2D eigenvalue weighted by Crippen LogP contribution is 2.40. The fraction of sp³-hybridized carbons (Fsp3) is 0.929. The van der Waals surface area contributed by atoms with Crippen molar-refractivity contribution in [3.05, 3.63) is 0 Å². The largest absolute Gasteiger partial charge is 0.411 e. The molecule has 0 radical (unpaired) electrons. The zero-order valence-corrected chi connectivity index (χ0v) is 12.5. The summed E-state index contributed by atoms with van der Waals surface area (Å²) >= 11 is 0. The predicted molar refractivity (Wildman–Crippen MR) is 73.3 cm³/mol. The molecular weight excluding hydrogens is 198 g/mol. The van der Waals surface area contributed by atoms with Crippen LogP contribution in [0.2, 0.25) is 0 Å². The maximum absolute atomic E-state index is 8.90. The van der Waals surface area contributed by atoms with Gasteiger partial charge < -0.3 is 5.21 Å². The molecule has 0 aromatic rings. The van der Waals surface area contributed by atoms with Gasteiger partial charge in [0.25, 0.3) is 0 Å². The van der Waals surface area contributed by atoms with Crippen molar-refractivity contribution in [2.75, 3.05) is 0 Å². The second kappa shape index (κ2) is 8.60.